The highest BCUT2D eigenvalue weighted by molar-refractivity contribution is 4.79. The van der Waals surface area contributed by atoms with E-state index in [4.69, 9.17) is 15.6 Å². The van der Waals surface area contributed by atoms with Crippen LogP contribution < -0.4 is 5.73 Å². The van der Waals surface area contributed by atoms with Gasteiger partial charge in [-0.1, -0.05) is 13.3 Å². The van der Waals surface area contributed by atoms with Gasteiger partial charge in [-0.15, -0.1) is 0 Å². The molecule has 1 aliphatic heterocycles. The molecule has 1 heterocycles. The van der Waals surface area contributed by atoms with Crippen LogP contribution in [0.1, 0.15) is 46.5 Å². The van der Waals surface area contributed by atoms with E-state index in [1.165, 1.54) is 0 Å². The van der Waals surface area contributed by atoms with Crippen molar-refractivity contribution in [1.82, 2.24) is 4.90 Å². The van der Waals surface area contributed by atoms with Gasteiger partial charge < -0.3 is 15.6 Å². The van der Waals surface area contributed by atoms with E-state index in [0.29, 0.717) is 12.1 Å². The number of aliphatic hydroxyl groups is 1. The van der Waals surface area contributed by atoms with Crippen molar-refractivity contribution in [3.63, 3.8) is 0 Å². The summed E-state index contributed by atoms with van der Waals surface area (Å²) in [5.74, 6) is 0. The molecule has 18 heavy (non-hydrogen) atoms. The molecule has 1 fully saturated rings. The largest absolute Gasteiger partial charge is 0.394 e. The third kappa shape index (κ3) is 5.22. The molecule has 108 valence electrons. The lowest BCUT2D eigenvalue weighted by molar-refractivity contribution is -0.0562. The normalized spacial score (nSPS) is 29.2. The second kappa shape index (κ2) is 7.43. The molecule has 0 amide bonds. The minimum atomic E-state index is -0.414. The Balaban J connectivity index is 2.24. The summed E-state index contributed by atoms with van der Waals surface area (Å²) in [6, 6.07) is 0.573. The molecule has 0 saturated carbocycles. The average Bonchev–Trinajstić information content (AvgIpc) is 2.35. The Morgan fingerprint density at radius 1 is 1.44 bits per heavy atom. The second-order valence-corrected chi connectivity index (χ2v) is 5.97. The van der Waals surface area contributed by atoms with Crippen molar-refractivity contribution in [3.8, 4) is 0 Å². The SMILES string of the molecule is CCC1COC(C)CN1CCCCC(C)(N)CO. The monoisotopic (exact) mass is 258 g/mol. The number of nitrogens with two attached hydrogens (primary N) is 1. The van der Waals surface area contributed by atoms with Crippen molar-refractivity contribution in [2.24, 2.45) is 5.73 Å². The molecular formula is C14H30N2O2. The van der Waals surface area contributed by atoms with E-state index in [9.17, 15) is 0 Å². The Hall–Kier alpha value is -0.160. The predicted molar refractivity (Wildman–Crippen MR) is 74.6 cm³/mol. The summed E-state index contributed by atoms with van der Waals surface area (Å²) < 4.78 is 5.69. The van der Waals surface area contributed by atoms with Gasteiger partial charge in [0.25, 0.3) is 0 Å². The fourth-order valence-corrected chi connectivity index (χ4v) is 2.49. The van der Waals surface area contributed by atoms with Gasteiger partial charge in [-0.3, -0.25) is 4.90 Å². The van der Waals surface area contributed by atoms with Crippen LogP contribution >= 0.6 is 0 Å². The highest BCUT2D eigenvalue weighted by Crippen LogP contribution is 2.16. The molecule has 0 aromatic rings. The zero-order chi connectivity index (χ0) is 13.6. The zero-order valence-corrected chi connectivity index (χ0v) is 12.2. The highest BCUT2D eigenvalue weighted by Gasteiger charge is 2.25. The Labute approximate surface area is 111 Å². The summed E-state index contributed by atoms with van der Waals surface area (Å²) in [6.07, 6.45) is 4.62. The van der Waals surface area contributed by atoms with Crippen LogP contribution in [0.25, 0.3) is 0 Å². The Kier molecular flexibility index (Phi) is 6.57. The summed E-state index contributed by atoms with van der Waals surface area (Å²) >= 11 is 0. The number of morpholine rings is 1. The number of aliphatic hydroxyl groups excluding tert-OH is 1. The maximum absolute atomic E-state index is 9.10. The molecule has 0 aliphatic carbocycles. The summed E-state index contributed by atoms with van der Waals surface area (Å²) in [4.78, 5) is 2.54. The van der Waals surface area contributed by atoms with Gasteiger partial charge in [0.05, 0.1) is 19.3 Å². The Morgan fingerprint density at radius 3 is 2.78 bits per heavy atom. The van der Waals surface area contributed by atoms with Crippen molar-refractivity contribution in [2.75, 3.05) is 26.3 Å². The van der Waals surface area contributed by atoms with Gasteiger partial charge in [0.1, 0.15) is 0 Å². The van der Waals surface area contributed by atoms with Crippen molar-refractivity contribution < 1.29 is 9.84 Å². The number of hydrogen-bond acceptors (Lipinski definition) is 4. The van der Waals surface area contributed by atoms with E-state index in [2.05, 4.69) is 18.7 Å². The molecule has 3 N–H and O–H groups in total. The molecule has 3 atom stereocenters. The first kappa shape index (κ1) is 15.9. The maximum Gasteiger partial charge on any atom is 0.0674 e. The lowest BCUT2D eigenvalue weighted by Gasteiger charge is -2.38. The first-order chi connectivity index (χ1) is 8.48. The molecule has 0 spiro atoms. The molecule has 3 unspecified atom stereocenters. The van der Waals surface area contributed by atoms with Crippen LogP contribution in [-0.4, -0.2) is 54.0 Å². The van der Waals surface area contributed by atoms with E-state index in [1.807, 2.05) is 6.92 Å². The molecule has 1 saturated heterocycles. The summed E-state index contributed by atoms with van der Waals surface area (Å²) in [5, 5.41) is 9.10. The smallest absolute Gasteiger partial charge is 0.0674 e. The van der Waals surface area contributed by atoms with Gasteiger partial charge in [0.15, 0.2) is 0 Å². The first-order valence-electron chi connectivity index (χ1n) is 7.24. The number of hydrogen-bond donors (Lipinski definition) is 2. The minimum absolute atomic E-state index is 0.0686. The second-order valence-electron chi connectivity index (χ2n) is 5.97. The molecule has 4 heteroatoms. The summed E-state index contributed by atoms with van der Waals surface area (Å²) in [6.45, 7) is 9.37. The maximum atomic E-state index is 9.10. The van der Waals surface area contributed by atoms with Gasteiger partial charge in [0, 0.05) is 18.1 Å². The van der Waals surface area contributed by atoms with Gasteiger partial charge >= 0.3 is 0 Å². The fraction of sp³-hybridized carbons (Fsp3) is 1.00. The van der Waals surface area contributed by atoms with Crippen LogP contribution in [0.3, 0.4) is 0 Å². The quantitative estimate of drug-likeness (QED) is 0.677. The third-order valence-corrected chi connectivity index (χ3v) is 3.86. The topological polar surface area (TPSA) is 58.7 Å². The molecule has 0 aromatic carbocycles. The van der Waals surface area contributed by atoms with Crippen molar-refractivity contribution >= 4 is 0 Å². The molecule has 1 rings (SSSR count). The fourth-order valence-electron chi connectivity index (χ4n) is 2.49. The number of rotatable bonds is 7. The molecule has 0 aromatic heterocycles. The van der Waals surface area contributed by atoms with Crippen molar-refractivity contribution in [3.05, 3.63) is 0 Å². The van der Waals surface area contributed by atoms with E-state index in [0.717, 1.165) is 45.4 Å². The van der Waals surface area contributed by atoms with Gasteiger partial charge in [0.2, 0.25) is 0 Å². The molecular weight excluding hydrogens is 228 g/mol. The van der Waals surface area contributed by atoms with E-state index >= 15 is 0 Å². The van der Waals surface area contributed by atoms with Crippen LogP contribution in [0.15, 0.2) is 0 Å². The Bertz CT molecular complexity index is 234. The van der Waals surface area contributed by atoms with Gasteiger partial charge in [-0.25, -0.2) is 0 Å². The summed E-state index contributed by atoms with van der Waals surface area (Å²) in [7, 11) is 0. The minimum Gasteiger partial charge on any atom is -0.394 e. The number of unbranched alkanes of at least 4 members (excludes halogenated alkanes) is 1. The predicted octanol–water partition coefficient (Wildman–Crippen LogP) is 1.37. The van der Waals surface area contributed by atoms with E-state index in [1.54, 1.807) is 0 Å². The average molecular weight is 258 g/mol. The van der Waals surface area contributed by atoms with E-state index in [-0.39, 0.29) is 6.61 Å². The molecule has 0 bridgehead atoms. The standard InChI is InChI=1S/C14H30N2O2/c1-4-13-10-18-12(2)9-16(13)8-6-5-7-14(3,15)11-17/h12-13,17H,4-11,15H2,1-3H3. The van der Waals surface area contributed by atoms with Gasteiger partial charge in [-0.2, -0.15) is 0 Å². The number of nitrogens with zero attached hydrogens (tertiary/aromatic N) is 1. The van der Waals surface area contributed by atoms with Gasteiger partial charge in [-0.05, 0) is 39.7 Å². The van der Waals surface area contributed by atoms with Crippen LogP contribution in [-0.2, 0) is 4.74 Å². The van der Waals surface area contributed by atoms with Crippen LogP contribution in [0.4, 0.5) is 0 Å². The van der Waals surface area contributed by atoms with Crippen LogP contribution in [0, 0.1) is 0 Å². The third-order valence-electron chi connectivity index (χ3n) is 3.86. The molecule has 1 aliphatic rings. The van der Waals surface area contributed by atoms with E-state index < -0.39 is 5.54 Å². The van der Waals surface area contributed by atoms with Crippen molar-refractivity contribution in [2.45, 2.75) is 64.1 Å². The molecule has 0 radical (unpaired) electrons. The lowest BCUT2D eigenvalue weighted by atomic mass is 9.97. The van der Waals surface area contributed by atoms with Crippen LogP contribution in [0.2, 0.25) is 0 Å². The zero-order valence-electron chi connectivity index (χ0n) is 12.2. The highest BCUT2D eigenvalue weighted by atomic mass is 16.5. The Morgan fingerprint density at radius 2 is 2.17 bits per heavy atom. The lowest BCUT2D eigenvalue weighted by Crippen LogP contribution is -2.48. The summed E-state index contributed by atoms with van der Waals surface area (Å²) in [5.41, 5.74) is 5.51. The number of ether oxygens (including phenoxy) is 1. The molecule has 4 nitrogen and oxygen atoms in total. The first-order valence-corrected chi connectivity index (χ1v) is 7.24. The van der Waals surface area contributed by atoms with Crippen LogP contribution in [0.5, 0.6) is 0 Å². The van der Waals surface area contributed by atoms with Crippen molar-refractivity contribution in [1.29, 1.82) is 0 Å².